The average molecular weight is 299 g/mol. The maximum atomic E-state index is 11.9. The van der Waals surface area contributed by atoms with E-state index in [-0.39, 0.29) is 12.5 Å². The van der Waals surface area contributed by atoms with E-state index < -0.39 is 29.4 Å². The molecule has 0 heterocycles. The van der Waals surface area contributed by atoms with Gasteiger partial charge in [0.05, 0.1) is 12.6 Å². The Hall–Kier alpha value is -1.63. The van der Waals surface area contributed by atoms with Crippen LogP contribution >= 0.6 is 0 Å². The molecule has 120 valence electrons. The molecule has 1 saturated carbocycles. The fourth-order valence-electron chi connectivity index (χ4n) is 2.45. The minimum atomic E-state index is -1.19. The predicted molar refractivity (Wildman–Crippen MR) is 77.4 cm³/mol. The van der Waals surface area contributed by atoms with Crippen LogP contribution in [0.5, 0.6) is 0 Å². The zero-order valence-electron chi connectivity index (χ0n) is 12.6. The molecular weight excluding hydrogens is 274 g/mol. The van der Waals surface area contributed by atoms with Gasteiger partial charge in [0.1, 0.15) is 5.54 Å². The van der Waals surface area contributed by atoms with Crippen molar-refractivity contribution in [2.45, 2.75) is 57.5 Å². The maximum Gasteiger partial charge on any atom is 0.329 e. The molecule has 5 N–H and O–H groups in total. The van der Waals surface area contributed by atoms with E-state index in [2.05, 4.69) is 10.6 Å². The molecule has 1 rings (SSSR count). The Morgan fingerprint density at radius 3 is 2.24 bits per heavy atom. The highest BCUT2D eigenvalue weighted by atomic mass is 16.4. The van der Waals surface area contributed by atoms with Crippen LogP contribution in [0, 0.1) is 5.92 Å². The van der Waals surface area contributed by atoms with Gasteiger partial charge in [0.25, 0.3) is 0 Å². The number of aliphatic carboxylic acids is 1. The van der Waals surface area contributed by atoms with E-state index in [0.29, 0.717) is 12.8 Å². The Morgan fingerprint density at radius 2 is 1.76 bits per heavy atom. The second-order valence-corrected chi connectivity index (χ2v) is 5.98. The number of nitrogens with two attached hydrogens (primary N) is 1. The van der Waals surface area contributed by atoms with Gasteiger partial charge in [-0.25, -0.2) is 4.79 Å². The van der Waals surface area contributed by atoms with Crippen molar-refractivity contribution in [3.05, 3.63) is 0 Å². The summed E-state index contributed by atoms with van der Waals surface area (Å²) in [6, 6.07) is -0.680. The molecule has 2 amide bonds. The minimum Gasteiger partial charge on any atom is -0.480 e. The summed E-state index contributed by atoms with van der Waals surface area (Å²) in [6.45, 7) is 3.37. The lowest BCUT2D eigenvalue weighted by molar-refractivity contribution is -0.149. The van der Waals surface area contributed by atoms with Crippen LogP contribution in [0.4, 0.5) is 0 Å². The molecule has 0 saturated heterocycles. The third kappa shape index (κ3) is 4.70. The van der Waals surface area contributed by atoms with Gasteiger partial charge in [0.15, 0.2) is 0 Å². The van der Waals surface area contributed by atoms with E-state index in [1.54, 1.807) is 0 Å². The molecule has 0 aliphatic heterocycles. The fraction of sp³-hybridized carbons (Fsp3) is 0.786. The van der Waals surface area contributed by atoms with Crippen molar-refractivity contribution < 1.29 is 19.5 Å². The van der Waals surface area contributed by atoms with Crippen LogP contribution in [0.25, 0.3) is 0 Å². The highest BCUT2D eigenvalue weighted by Crippen LogP contribution is 2.28. The van der Waals surface area contributed by atoms with Gasteiger partial charge in [-0.2, -0.15) is 0 Å². The van der Waals surface area contributed by atoms with E-state index in [1.807, 2.05) is 13.8 Å². The van der Waals surface area contributed by atoms with Gasteiger partial charge in [-0.3, -0.25) is 9.59 Å². The third-order valence-corrected chi connectivity index (χ3v) is 3.94. The van der Waals surface area contributed by atoms with Crippen LogP contribution in [-0.2, 0) is 14.4 Å². The Bertz CT molecular complexity index is 403. The summed E-state index contributed by atoms with van der Waals surface area (Å²) >= 11 is 0. The average Bonchev–Trinajstić information content (AvgIpc) is 2.44. The lowest BCUT2D eigenvalue weighted by atomic mass is 9.81. The van der Waals surface area contributed by atoms with Gasteiger partial charge < -0.3 is 21.5 Å². The summed E-state index contributed by atoms with van der Waals surface area (Å²) < 4.78 is 0. The zero-order chi connectivity index (χ0) is 16.0. The number of hydrogen-bond donors (Lipinski definition) is 4. The second kappa shape index (κ2) is 7.40. The number of amides is 2. The first-order chi connectivity index (χ1) is 9.78. The quantitative estimate of drug-likeness (QED) is 0.549. The monoisotopic (exact) mass is 299 g/mol. The van der Waals surface area contributed by atoms with Crippen LogP contribution in [0.3, 0.4) is 0 Å². The topological polar surface area (TPSA) is 122 Å². The van der Waals surface area contributed by atoms with Crippen LogP contribution in [0.1, 0.15) is 46.0 Å². The molecule has 7 heteroatoms. The maximum absolute atomic E-state index is 11.9. The van der Waals surface area contributed by atoms with Crippen LogP contribution in [-0.4, -0.2) is 41.0 Å². The van der Waals surface area contributed by atoms with E-state index in [1.165, 1.54) is 0 Å². The van der Waals surface area contributed by atoms with Crippen molar-refractivity contribution in [3.63, 3.8) is 0 Å². The van der Waals surface area contributed by atoms with Crippen molar-refractivity contribution in [1.82, 2.24) is 10.6 Å². The molecule has 0 aromatic carbocycles. The summed E-state index contributed by atoms with van der Waals surface area (Å²) in [6.07, 6.45) is 3.38. The van der Waals surface area contributed by atoms with Crippen molar-refractivity contribution in [2.24, 2.45) is 11.7 Å². The minimum absolute atomic E-state index is 0.0308. The normalized spacial score (nSPS) is 18.9. The molecule has 1 atom stereocenters. The first-order valence-corrected chi connectivity index (χ1v) is 7.36. The van der Waals surface area contributed by atoms with Crippen molar-refractivity contribution >= 4 is 17.8 Å². The lowest BCUT2D eigenvalue weighted by Crippen LogP contribution is -2.58. The Morgan fingerprint density at radius 1 is 1.19 bits per heavy atom. The molecule has 7 nitrogen and oxygen atoms in total. The molecule has 0 aromatic rings. The first kappa shape index (κ1) is 17.4. The largest absolute Gasteiger partial charge is 0.480 e. The lowest BCUT2D eigenvalue weighted by Gasteiger charge is -2.34. The van der Waals surface area contributed by atoms with Gasteiger partial charge >= 0.3 is 5.97 Å². The molecule has 0 radical (unpaired) electrons. The molecule has 1 fully saturated rings. The standard InChI is InChI=1S/C14H25N3O4/c1-9(2)11(15)12(19)16-8-10(18)17-14(13(20)21)6-4-3-5-7-14/h9,11H,3-8,15H2,1-2H3,(H,16,19)(H,17,18)(H,20,21)/t11-/m0/s1. The van der Waals surface area contributed by atoms with Gasteiger partial charge in [-0.1, -0.05) is 33.1 Å². The number of carboxylic acids is 1. The van der Waals surface area contributed by atoms with Gasteiger partial charge in [0, 0.05) is 0 Å². The summed E-state index contributed by atoms with van der Waals surface area (Å²) in [4.78, 5) is 35.0. The molecule has 0 aromatic heterocycles. The van der Waals surface area contributed by atoms with Gasteiger partial charge in [-0.15, -0.1) is 0 Å². The fourth-order valence-corrected chi connectivity index (χ4v) is 2.45. The Balaban J connectivity index is 2.52. The smallest absolute Gasteiger partial charge is 0.329 e. The van der Waals surface area contributed by atoms with Crippen LogP contribution < -0.4 is 16.4 Å². The van der Waals surface area contributed by atoms with Crippen molar-refractivity contribution in [1.29, 1.82) is 0 Å². The highest BCUT2D eigenvalue weighted by molar-refractivity contribution is 5.91. The van der Waals surface area contributed by atoms with Gasteiger partial charge in [0.2, 0.25) is 11.8 Å². The molecular formula is C14H25N3O4. The third-order valence-electron chi connectivity index (χ3n) is 3.94. The van der Waals surface area contributed by atoms with Crippen molar-refractivity contribution in [3.8, 4) is 0 Å². The van der Waals surface area contributed by atoms with E-state index >= 15 is 0 Å². The SMILES string of the molecule is CC(C)[C@H](N)C(=O)NCC(=O)NC1(C(=O)O)CCCCC1. The summed E-state index contributed by atoms with van der Waals surface area (Å²) in [7, 11) is 0. The number of nitrogens with one attached hydrogen (secondary N) is 2. The van der Waals surface area contributed by atoms with Gasteiger partial charge in [-0.05, 0) is 18.8 Å². The van der Waals surface area contributed by atoms with Crippen molar-refractivity contribution in [2.75, 3.05) is 6.54 Å². The molecule has 0 unspecified atom stereocenters. The summed E-state index contributed by atoms with van der Waals surface area (Å²) in [5, 5.41) is 14.4. The second-order valence-electron chi connectivity index (χ2n) is 5.98. The molecule has 21 heavy (non-hydrogen) atoms. The first-order valence-electron chi connectivity index (χ1n) is 7.36. The number of carboxylic acid groups (broad SMARTS) is 1. The number of carbonyl (C=O) groups is 3. The molecule has 0 bridgehead atoms. The molecule has 1 aliphatic rings. The summed E-state index contributed by atoms with van der Waals surface area (Å²) in [5.74, 6) is -1.95. The number of rotatable bonds is 6. The Kier molecular flexibility index (Phi) is 6.14. The molecule has 1 aliphatic carbocycles. The van der Waals surface area contributed by atoms with Crippen LogP contribution in [0.2, 0.25) is 0 Å². The van der Waals surface area contributed by atoms with E-state index in [0.717, 1.165) is 19.3 Å². The number of hydrogen-bond acceptors (Lipinski definition) is 4. The Labute approximate surface area is 124 Å². The van der Waals surface area contributed by atoms with E-state index in [9.17, 15) is 19.5 Å². The zero-order valence-corrected chi connectivity index (χ0v) is 12.6. The predicted octanol–water partition coefficient (Wildman–Crippen LogP) is -0.0104. The number of carbonyl (C=O) groups excluding carboxylic acids is 2. The molecule has 0 spiro atoms. The summed E-state index contributed by atoms with van der Waals surface area (Å²) in [5.41, 5.74) is 4.47. The highest BCUT2D eigenvalue weighted by Gasteiger charge is 2.40. The van der Waals surface area contributed by atoms with Crippen LogP contribution in [0.15, 0.2) is 0 Å². The van der Waals surface area contributed by atoms with E-state index in [4.69, 9.17) is 5.73 Å².